The maximum Gasteiger partial charge on any atom is 0.319 e. The number of hydrogen-bond donors (Lipinski definition) is 2. The molecule has 3 nitrogen and oxygen atoms in total. The molecule has 0 aromatic heterocycles. The Kier molecular flexibility index (Phi) is 3.37. The summed E-state index contributed by atoms with van der Waals surface area (Å²) in [7, 11) is 0. The zero-order valence-electron chi connectivity index (χ0n) is 13.0. The molecule has 4 aliphatic carbocycles. The van der Waals surface area contributed by atoms with Crippen molar-refractivity contribution in [1.82, 2.24) is 5.32 Å². The molecule has 0 spiro atoms. The number of urea groups is 1. The van der Waals surface area contributed by atoms with E-state index in [0.29, 0.717) is 5.02 Å². The molecule has 0 atom stereocenters. The molecular weight excluding hydrogens is 296 g/mol. The van der Waals surface area contributed by atoms with Crippen molar-refractivity contribution in [2.75, 3.05) is 5.32 Å². The van der Waals surface area contributed by atoms with Crippen LogP contribution in [-0.4, -0.2) is 11.6 Å². The van der Waals surface area contributed by atoms with Crippen molar-refractivity contribution in [3.63, 3.8) is 0 Å². The standard InChI is InChI=1S/C18H23ClN2O/c1-11-4-15(19)2-3-16(11)20-17(22)21-18-8-12-5-13(9-18)7-14(6-12)10-18/h2-4,12-14H,5-10H2,1H3,(H2,20,21,22). The van der Waals surface area contributed by atoms with Crippen LogP contribution in [0.15, 0.2) is 18.2 Å². The van der Waals surface area contributed by atoms with Crippen molar-refractivity contribution in [1.29, 1.82) is 0 Å². The second kappa shape index (κ2) is 5.16. The molecule has 0 unspecified atom stereocenters. The maximum absolute atomic E-state index is 12.5. The minimum atomic E-state index is -0.0626. The number of rotatable bonds is 2. The van der Waals surface area contributed by atoms with E-state index in [-0.39, 0.29) is 11.6 Å². The summed E-state index contributed by atoms with van der Waals surface area (Å²) in [4.78, 5) is 12.5. The predicted molar refractivity (Wildman–Crippen MR) is 89.2 cm³/mol. The molecular formula is C18H23ClN2O. The Labute approximate surface area is 136 Å². The second-order valence-corrected chi connectivity index (χ2v) is 8.17. The smallest absolute Gasteiger partial charge is 0.319 e. The summed E-state index contributed by atoms with van der Waals surface area (Å²) in [5.41, 5.74) is 1.89. The van der Waals surface area contributed by atoms with Gasteiger partial charge in [-0.2, -0.15) is 0 Å². The Hall–Kier alpha value is -1.22. The van der Waals surface area contributed by atoms with Crippen molar-refractivity contribution in [3.8, 4) is 0 Å². The van der Waals surface area contributed by atoms with Gasteiger partial charge in [0.2, 0.25) is 0 Å². The number of benzene rings is 1. The van der Waals surface area contributed by atoms with Crippen LogP contribution in [0.25, 0.3) is 0 Å². The Bertz CT molecular complexity index is 578. The Morgan fingerprint density at radius 2 is 1.73 bits per heavy atom. The molecule has 2 amide bonds. The number of carbonyl (C=O) groups is 1. The SMILES string of the molecule is Cc1cc(Cl)ccc1NC(=O)NC12CC3CC(CC(C3)C1)C2. The fraction of sp³-hybridized carbons (Fsp3) is 0.611. The fourth-order valence-electron chi connectivity index (χ4n) is 5.43. The van der Waals surface area contributed by atoms with E-state index in [0.717, 1.165) is 29.0 Å². The Balaban J connectivity index is 1.46. The topological polar surface area (TPSA) is 41.1 Å². The summed E-state index contributed by atoms with van der Waals surface area (Å²) in [6.07, 6.45) is 7.68. The largest absolute Gasteiger partial charge is 0.332 e. The van der Waals surface area contributed by atoms with Crippen LogP contribution in [-0.2, 0) is 0 Å². The van der Waals surface area contributed by atoms with E-state index in [1.54, 1.807) is 0 Å². The molecule has 4 saturated carbocycles. The van der Waals surface area contributed by atoms with Crippen molar-refractivity contribution in [3.05, 3.63) is 28.8 Å². The molecule has 0 heterocycles. The highest BCUT2D eigenvalue weighted by Crippen LogP contribution is 2.55. The summed E-state index contributed by atoms with van der Waals surface area (Å²) in [5.74, 6) is 2.51. The Morgan fingerprint density at radius 1 is 1.14 bits per heavy atom. The van der Waals surface area contributed by atoms with Crippen molar-refractivity contribution in [2.24, 2.45) is 17.8 Å². The number of halogens is 1. The lowest BCUT2D eigenvalue weighted by atomic mass is 9.53. The van der Waals surface area contributed by atoms with Gasteiger partial charge < -0.3 is 10.6 Å². The van der Waals surface area contributed by atoms with Gasteiger partial charge in [-0.25, -0.2) is 4.79 Å². The first kappa shape index (κ1) is 14.4. The van der Waals surface area contributed by atoms with Gasteiger partial charge in [0.05, 0.1) is 0 Å². The van der Waals surface area contributed by atoms with Crippen LogP contribution in [0.2, 0.25) is 5.02 Å². The zero-order chi connectivity index (χ0) is 15.3. The summed E-state index contributed by atoms with van der Waals surface area (Å²) < 4.78 is 0. The number of hydrogen-bond acceptors (Lipinski definition) is 1. The van der Waals surface area contributed by atoms with Crippen molar-refractivity contribution in [2.45, 2.75) is 51.0 Å². The molecule has 4 aliphatic rings. The lowest BCUT2D eigenvalue weighted by molar-refractivity contribution is -0.0127. The molecule has 4 fully saturated rings. The van der Waals surface area contributed by atoms with E-state index in [4.69, 9.17) is 11.6 Å². The van der Waals surface area contributed by atoms with Crippen LogP contribution >= 0.6 is 11.6 Å². The number of amides is 2. The monoisotopic (exact) mass is 318 g/mol. The third-order valence-electron chi connectivity index (χ3n) is 5.85. The highest BCUT2D eigenvalue weighted by molar-refractivity contribution is 6.30. The number of nitrogens with one attached hydrogen (secondary N) is 2. The lowest BCUT2D eigenvalue weighted by Gasteiger charge is -2.56. The van der Waals surface area contributed by atoms with Gasteiger partial charge in [0.1, 0.15) is 0 Å². The maximum atomic E-state index is 12.5. The molecule has 0 radical (unpaired) electrons. The number of aryl methyl sites for hydroxylation is 1. The predicted octanol–water partition coefficient (Wildman–Crippen LogP) is 4.74. The fourth-order valence-corrected chi connectivity index (χ4v) is 5.65. The van der Waals surface area contributed by atoms with E-state index < -0.39 is 0 Å². The van der Waals surface area contributed by atoms with Gasteiger partial charge in [-0.3, -0.25) is 0 Å². The molecule has 0 saturated heterocycles. The molecule has 22 heavy (non-hydrogen) atoms. The third kappa shape index (κ3) is 2.60. The first-order valence-corrected chi connectivity index (χ1v) is 8.74. The summed E-state index contributed by atoms with van der Waals surface area (Å²) in [6, 6.07) is 5.50. The van der Waals surface area contributed by atoms with Gasteiger partial charge in [0.25, 0.3) is 0 Å². The molecule has 5 rings (SSSR count). The molecule has 0 aliphatic heterocycles. The van der Waals surface area contributed by atoms with Gasteiger partial charge in [0, 0.05) is 16.2 Å². The van der Waals surface area contributed by atoms with Gasteiger partial charge in [-0.15, -0.1) is 0 Å². The highest BCUT2D eigenvalue weighted by Gasteiger charge is 2.51. The van der Waals surface area contributed by atoms with Crippen LogP contribution in [0.5, 0.6) is 0 Å². The molecule has 2 N–H and O–H groups in total. The second-order valence-electron chi connectivity index (χ2n) is 7.74. The van der Waals surface area contributed by atoms with Gasteiger partial charge in [-0.05, 0) is 87.0 Å². The van der Waals surface area contributed by atoms with E-state index in [2.05, 4.69) is 10.6 Å². The quantitative estimate of drug-likeness (QED) is 0.812. The number of carbonyl (C=O) groups excluding carboxylic acids is 1. The average Bonchev–Trinajstić information content (AvgIpc) is 2.39. The van der Waals surface area contributed by atoms with Gasteiger partial charge in [0.15, 0.2) is 0 Å². The number of anilines is 1. The van der Waals surface area contributed by atoms with E-state index >= 15 is 0 Å². The van der Waals surface area contributed by atoms with E-state index in [1.165, 1.54) is 38.5 Å². The van der Waals surface area contributed by atoms with Crippen molar-refractivity contribution < 1.29 is 4.79 Å². The third-order valence-corrected chi connectivity index (χ3v) is 6.09. The minimum Gasteiger partial charge on any atom is -0.332 e. The minimum absolute atomic E-state index is 0.0547. The molecule has 4 heteroatoms. The normalized spacial score (nSPS) is 35.5. The zero-order valence-corrected chi connectivity index (χ0v) is 13.7. The summed E-state index contributed by atoms with van der Waals surface area (Å²) >= 11 is 5.97. The van der Waals surface area contributed by atoms with E-state index in [1.807, 2.05) is 25.1 Å². The summed E-state index contributed by atoms with van der Waals surface area (Å²) in [5, 5.41) is 7.03. The van der Waals surface area contributed by atoms with Crippen molar-refractivity contribution >= 4 is 23.3 Å². The highest BCUT2D eigenvalue weighted by atomic mass is 35.5. The molecule has 1 aromatic rings. The summed E-state index contributed by atoms with van der Waals surface area (Å²) in [6.45, 7) is 1.96. The van der Waals surface area contributed by atoms with Crippen LogP contribution in [0.3, 0.4) is 0 Å². The molecule has 1 aromatic carbocycles. The van der Waals surface area contributed by atoms with Gasteiger partial charge >= 0.3 is 6.03 Å². The van der Waals surface area contributed by atoms with Crippen LogP contribution in [0, 0.1) is 24.7 Å². The first-order chi connectivity index (χ1) is 10.5. The molecule has 4 bridgehead atoms. The van der Waals surface area contributed by atoms with Gasteiger partial charge in [-0.1, -0.05) is 11.6 Å². The van der Waals surface area contributed by atoms with Crippen LogP contribution in [0.4, 0.5) is 10.5 Å². The molecule has 118 valence electrons. The first-order valence-electron chi connectivity index (χ1n) is 8.37. The Morgan fingerprint density at radius 3 is 2.27 bits per heavy atom. The average molecular weight is 319 g/mol. The van der Waals surface area contributed by atoms with Crippen LogP contribution in [0.1, 0.15) is 44.1 Å². The van der Waals surface area contributed by atoms with E-state index in [9.17, 15) is 4.79 Å². The lowest BCUT2D eigenvalue weighted by Crippen LogP contribution is -2.60. The van der Waals surface area contributed by atoms with Crippen LogP contribution < -0.4 is 10.6 Å².